The van der Waals surface area contributed by atoms with Crippen LogP contribution in [-0.4, -0.2) is 29.0 Å². The number of rotatable bonds is 7. The zero-order valence-corrected chi connectivity index (χ0v) is 16.5. The monoisotopic (exact) mass is 396 g/mol. The molecule has 1 aliphatic rings. The highest BCUT2D eigenvalue weighted by atomic mass is 32.1. The zero-order valence-electron chi connectivity index (χ0n) is 15.7. The molecule has 0 bridgehead atoms. The van der Waals surface area contributed by atoms with E-state index < -0.39 is 0 Å². The molecule has 2 amide bonds. The van der Waals surface area contributed by atoms with Gasteiger partial charge in [-0.1, -0.05) is 12.1 Å². The molecule has 4 rings (SSSR count). The molecule has 0 aromatic carbocycles. The highest BCUT2D eigenvalue weighted by Crippen LogP contribution is 2.18. The number of carbonyl (C=O) groups excluding carboxylic acids is 1. The minimum absolute atomic E-state index is 0.117. The first kappa shape index (κ1) is 18.6. The fraction of sp³-hybridized carbons (Fsp3) is 0.333. The highest BCUT2D eigenvalue weighted by molar-refractivity contribution is 7.09. The number of pyridine rings is 1. The van der Waals surface area contributed by atoms with Crippen LogP contribution in [0.5, 0.6) is 0 Å². The predicted octanol–water partition coefficient (Wildman–Crippen LogP) is 4.25. The van der Waals surface area contributed by atoms with Gasteiger partial charge in [0.1, 0.15) is 11.6 Å². The maximum atomic E-state index is 12.8. The molecule has 1 aliphatic heterocycles. The lowest BCUT2D eigenvalue weighted by atomic mass is 10.2. The summed E-state index contributed by atoms with van der Waals surface area (Å²) in [5, 5.41) is 5.03. The van der Waals surface area contributed by atoms with Gasteiger partial charge in [-0.2, -0.15) is 0 Å². The van der Waals surface area contributed by atoms with Gasteiger partial charge >= 0.3 is 6.03 Å². The van der Waals surface area contributed by atoms with E-state index in [-0.39, 0.29) is 6.03 Å². The number of carbonyl (C=O) groups is 1. The largest absolute Gasteiger partial charge is 0.467 e. The van der Waals surface area contributed by atoms with Crippen molar-refractivity contribution in [3.8, 4) is 0 Å². The number of furan rings is 1. The number of nitrogens with zero attached hydrogens (tertiary/aromatic N) is 3. The average Bonchev–Trinajstić information content (AvgIpc) is 3.49. The minimum atomic E-state index is -0.117. The summed E-state index contributed by atoms with van der Waals surface area (Å²) in [5.74, 6) is 1.79. The van der Waals surface area contributed by atoms with E-state index >= 15 is 0 Å². The Morgan fingerprint density at radius 1 is 1.18 bits per heavy atom. The Morgan fingerprint density at radius 2 is 2.07 bits per heavy atom. The van der Waals surface area contributed by atoms with Crippen molar-refractivity contribution >= 4 is 23.2 Å². The second-order valence-electron chi connectivity index (χ2n) is 6.89. The number of aromatic nitrogens is 1. The Hall–Kier alpha value is -2.80. The molecule has 6 nitrogen and oxygen atoms in total. The van der Waals surface area contributed by atoms with Crippen LogP contribution in [0.25, 0.3) is 0 Å². The van der Waals surface area contributed by atoms with E-state index in [4.69, 9.17) is 4.42 Å². The smallest absolute Gasteiger partial charge is 0.318 e. The van der Waals surface area contributed by atoms with Crippen molar-refractivity contribution in [2.45, 2.75) is 32.5 Å². The van der Waals surface area contributed by atoms with Gasteiger partial charge in [-0.3, -0.25) is 0 Å². The van der Waals surface area contributed by atoms with Crippen molar-refractivity contribution in [2.75, 3.05) is 18.0 Å². The van der Waals surface area contributed by atoms with Crippen LogP contribution in [0.2, 0.25) is 0 Å². The van der Waals surface area contributed by atoms with Gasteiger partial charge in [0, 0.05) is 30.7 Å². The van der Waals surface area contributed by atoms with Crippen LogP contribution >= 0.6 is 11.3 Å². The van der Waals surface area contributed by atoms with E-state index in [0.29, 0.717) is 19.6 Å². The summed E-state index contributed by atoms with van der Waals surface area (Å²) in [4.78, 5) is 22.5. The van der Waals surface area contributed by atoms with Gasteiger partial charge < -0.3 is 19.5 Å². The molecule has 1 N–H and O–H groups in total. The lowest BCUT2D eigenvalue weighted by Gasteiger charge is -2.22. The van der Waals surface area contributed by atoms with Gasteiger partial charge in [0.25, 0.3) is 0 Å². The second kappa shape index (κ2) is 8.93. The van der Waals surface area contributed by atoms with Crippen LogP contribution in [0.4, 0.5) is 10.6 Å². The normalized spacial score (nSPS) is 13.6. The Kier molecular flexibility index (Phi) is 5.92. The van der Waals surface area contributed by atoms with Crippen molar-refractivity contribution < 1.29 is 9.21 Å². The van der Waals surface area contributed by atoms with E-state index in [1.807, 2.05) is 48.0 Å². The molecule has 7 heteroatoms. The Balaban J connectivity index is 1.36. The summed E-state index contributed by atoms with van der Waals surface area (Å²) in [7, 11) is 0. The second-order valence-corrected chi connectivity index (χ2v) is 7.92. The first-order valence-electron chi connectivity index (χ1n) is 9.55. The summed E-state index contributed by atoms with van der Waals surface area (Å²) in [5.41, 5.74) is 0.991. The molecule has 4 heterocycles. The highest BCUT2D eigenvalue weighted by Gasteiger charge is 2.17. The first-order valence-corrected chi connectivity index (χ1v) is 10.4. The van der Waals surface area contributed by atoms with Crippen LogP contribution in [0.15, 0.2) is 58.7 Å². The molecule has 0 unspecified atom stereocenters. The molecule has 3 aromatic rings. The van der Waals surface area contributed by atoms with Crippen LogP contribution in [0, 0.1) is 0 Å². The van der Waals surface area contributed by atoms with E-state index in [2.05, 4.69) is 15.2 Å². The van der Waals surface area contributed by atoms with Gasteiger partial charge in [-0.25, -0.2) is 9.78 Å². The maximum Gasteiger partial charge on any atom is 0.318 e. The lowest BCUT2D eigenvalue weighted by molar-refractivity contribution is 0.187. The van der Waals surface area contributed by atoms with Gasteiger partial charge in [-0.15, -0.1) is 11.3 Å². The molecule has 0 saturated carbocycles. The van der Waals surface area contributed by atoms with Crippen molar-refractivity contribution in [1.82, 2.24) is 15.2 Å². The molecule has 3 aromatic heterocycles. The number of thiophene rings is 1. The van der Waals surface area contributed by atoms with Crippen LogP contribution in [0.1, 0.15) is 29.0 Å². The van der Waals surface area contributed by atoms with Gasteiger partial charge in [0.05, 0.1) is 19.4 Å². The predicted molar refractivity (Wildman–Crippen MR) is 110 cm³/mol. The molecule has 0 radical (unpaired) electrons. The fourth-order valence-electron chi connectivity index (χ4n) is 3.32. The number of amides is 2. The van der Waals surface area contributed by atoms with Gasteiger partial charge in [0.15, 0.2) is 0 Å². The Bertz CT molecular complexity index is 820. The van der Waals surface area contributed by atoms with Crippen molar-refractivity contribution in [2.24, 2.45) is 0 Å². The quantitative estimate of drug-likeness (QED) is 0.649. The van der Waals surface area contributed by atoms with Crippen LogP contribution in [0.3, 0.4) is 0 Å². The standard InChI is InChI=1S/C21H24N4O2S/c26-21(23-14-17-7-8-20(22-13-17)24-9-1-2-10-24)25(15-18-5-3-11-27-18)16-19-6-4-12-28-19/h3-8,11-13H,1-2,9-10,14-16H2,(H,23,26). The number of hydrogen-bond donors (Lipinski definition) is 1. The third-order valence-corrected chi connectivity index (χ3v) is 5.68. The molecule has 0 aliphatic carbocycles. The molecule has 0 atom stereocenters. The molecular formula is C21H24N4O2S. The van der Waals surface area contributed by atoms with E-state index in [1.165, 1.54) is 12.8 Å². The SMILES string of the molecule is O=C(NCc1ccc(N2CCCC2)nc1)N(Cc1ccco1)Cc1cccs1. The Morgan fingerprint density at radius 3 is 2.75 bits per heavy atom. The Labute approximate surface area is 168 Å². The molecule has 146 valence electrons. The first-order chi connectivity index (χ1) is 13.8. The van der Waals surface area contributed by atoms with E-state index in [1.54, 1.807) is 22.5 Å². The van der Waals surface area contributed by atoms with Crippen molar-refractivity contribution in [1.29, 1.82) is 0 Å². The number of urea groups is 1. The lowest BCUT2D eigenvalue weighted by Crippen LogP contribution is -2.38. The number of hydrogen-bond acceptors (Lipinski definition) is 5. The molecule has 28 heavy (non-hydrogen) atoms. The molecular weight excluding hydrogens is 372 g/mol. The van der Waals surface area contributed by atoms with E-state index in [9.17, 15) is 4.79 Å². The molecule has 0 spiro atoms. The van der Waals surface area contributed by atoms with Gasteiger partial charge in [-0.05, 0) is 48.1 Å². The maximum absolute atomic E-state index is 12.8. The molecule has 1 saturated heterocycles. The van der Waals surface area contributed by atoms with E-state index in [0.717, 1.165) is 35.1 Å². The number of anilines is 1. The molecule has 1 fully saturated rings. The summed E-state index contributed by atoms with van der Waals surface area (Å²) in [6, 6.07) is 11.7. The summed E-state index contributed by atoms with van der Waals surface area (Å²) >= 11 is 1.64. The third kappa shape index (κ3) is 4.72. The minimum Gasteiger partial charge on any atom is -0.467 e. The van der Waals surface area contributed by atoms with Crippen molar-refractivity contribution in [3.05, 3.63) is 70.4 Å². The topological polar surface area (TPSA) is 61.6 Å². The third-order valence-electron chi connectivity index (χ3n) is 4.82. The summed E-state index contributed by atoms with van der Waals surface area (Å²) in [6.07, 6.45) is 5.94. The zero-order chi connectivity index (χ0) is 19.2. The van der Waals surface area contributed by atoms with Crippen LogP contribution < -0.4 is 10.2 Å². The van der Waals surface area contributed by atoms with Gasteiger partial charge in [0.2, 0.25) is 0 Å². The summed E-state index contributed by atoms with van der Waals surface area (Å²) < 4.78 is 5.43. The number of nitrogens with one attached hydrogen (secondary N) is 1. The van der Waals surface area contributed by atoms with Crippen LogP contribution in [-0.2, 0) is 19.6 Å². The average molecular weight is 397 g/mol. The van der Waals surface area contributed by atoms with Crippen molar-refractivity contribution in [3.63, 3.8) is 0 Å². The fourth-order valence-corrected chi connectivity index (χ4v) is 4.04. The summed E-state index contributed by atoms with van der Waals surface area (Å²) in [6.45, 7) is 3.59.